The average Bonchev–Trinajstić information content (AvgIpc) is 1.93. The van der Waals surface area contributed by atoms with Gasteiger partial charge in [0, 0.05) is 19.0 Å². The Bertz CT molecular complexity index is 109. The van der Waals surface area contributed by atoms with Gasteiger partial charge in [0.1, 0.15) is 6.23 Å². The highest BCUT2D eigenvalue weighted by atomic mass is 16.5. The first kappa shape index (κ1) is 8.97. The van der Waals surface area contributed by atoms with Gasteiger partial charge < -0.3 is 9.64 Å². The van der Waals surface area contributed by atoms with Crippen molar-refractivity contribution < 1.29 is 4.74 Å². The fourth-order valence-electron chi connectivity index (χ4n) is 1.36. The van der Waals surface area contributed by atoms with E-state index >= 15 is 0 Å². The molecule has 3 nitrogen and oxygen atoms in total. The molecule has 0 aromatic carbocycles. The Hall–Kier alpha value is -0.120. The molecule has 0 aromatic rings. The summed E-state index contributed by atoms with van der Waals surface area (Å²) in [6.07, 6.45) is 0.244. The van der Waals surface area contributed by atoms with E-state index in [0.29, 0.717) is 5.92 Å². The largest absolute Gasteiger partial charge is 0.363 e. The first-order valence-corrected chi connectivity index (χ1v) is 4.18. The van der Waals surface area contributed by atoms with Gasteiger partial charge in [0.05, 0.1) is 6.61 Å². The van der Waals surface area contributed by atoms with Gasteiger partial charge in [-0.1, -0.05) is 0 Å². The van der Waals surface area contributed by atoms with Crippen LogP contribution in [0.3, 0.4) is 0 Å². The van der Waals surface area contributed by atoms with Crippen LogP contribution in [0, 0.1) is 5.92 Å². The lowest BCUT2D eigenvalue weighted by Crippen LogP contribution is -2.44. The summed E-state index contributed by atoms with van der Waals surface area (Å²) < 4.78 is 5.45. The Morgan fingerprint density at radius 2 is 2.27 bits per heavy atom. The van der Waals surface area contributed by atoms with Crippen molar-refractivity contribution in [1.29, 1.82) is 0 Å². The fraction of sp³-hybridized carbons (Fsp3) is 1.00. The quantitative estimate of drug-likeness (QED) is 0.618. The van der Waals surface area contributed by atoms with E-state index in [2.05, 4.69) is 24.3 Å². The Labute approximate surface area is 68.7 Å². The molecule has 3 heteroatoms. The molecule has 0 aliphatic carbocycles. The molecule has 0 radical (unpaired) electrons. The highest BCUT2D eigenvalue weighted by Gasteiger charge is 2.17. The molecule has 66 valence electrons. The highest BCUT2D eigenvalue weighted by molar-refractivity contribution is 4.69. The summed E-state index contributed by atoms with van der Waals surface area (Å²) in [4.78, 5) is 2.20. The van der Waals surface area contributed by atoms with Crippen molar-refractivity contribution in [2.24, 2.45) is 5.92 Å². The van der Waals surface area contributed by atoms with Crippen molar-refractivity contribution in [1.82, 2.24) is 10.2 Å². The van der Waals surface area contributed by atoms with Gasteiger partial charge in [0.2, 0.25) is 0 Å². The van der Waals surface area contributed by atoms with Gasteiger partial charge in [0.15, 0.2) is 0 Å². The van der Waals surface area contributed by atoms with Gasteiger partial charge in [-0.05, 0) is 21.0 Å². The summed E-state index contributed by atoms with van der Waals surface area (Å²) in [5.74, 6) is 0.654. The molecule has 11 heavy (non-hydrogen) atoms. The van der Waals surface area contributed by atoms with E-state index in [1.165, 1.54) is 0 Å². The van der Waals surface area contributed by atoms with Crippen LogP contribution in [0.5, 0.6) is 0 Å². The van der Waals surface area contributed by atoms with Crippen LogP contribution in [-0.2, 0) is 4.74 Å². The topological polar surface area (TPSA) is 24.5 Å². The molecule has 0 saturated carbocycles. The standard InChI is InChI=1S/C8H18N2O/c1-7-9-4-8(6-11-7)5-10(2)3/h7-9H,4-6H2,1-3H3. The van der Waals surface area contributed by atoms with Gasteiger partial charge in [0.25, 0.3) is 0 Å². The summed E-state index contributed by atoms with van der Waals surface area (Å²) >= 11 is 0. The zero-order valence-electron chi connectivity index (χ0n) is 7.63. The predicted molar refractivity (Wildman–Crippen MR) is 45.5 cm³/mol. The number of ether oxygens (including phenoxy) is 1. The first-order chi connectivity index (χ1) is 5.18. The van der Waals surface area contributed by atoms with Gasteiger partial charge in [-0.25, -0.2) is 0 Å². The van der Waals surface area contributed by atoms with E-state index in [4.69, 9.17) is 4.74 Å². The third-order valence-corrected chi connectivity index (χ3v) is 1.90. The van der Waals surface area contributed by atoms with Crippen LogP contribution in [0.2, 0.25) is 0 Å². The smallest absolute Gasteiger partial charge is 0.105 e. The minimum Gasteiger partial charge on any atom is -0.363 e. The van der Waals surface area contributed by atoms with Crippen molar-refractivity contribution in [2.75, 3.05) is 33.8 Å². The van der Waals surface area contributed by atoms with Gasteiger partial charge >= 0.3 is 0 Å². The second-order valence-corrected chi connectivity index (χ2v) is 3.51. The third kappa shape index (κ3) is 3.18. The molecule has 2 atom stereocenters. The number of rotatable bonds is 2. The number of hydrogen-bond donors (Lipinski definition) is 1. The molecule has 1 N–H and O–H groups in total. The van der Waals surface area contributed by atoms with Crippen LogP contribution in [0.15, 0.2) is 0 Å². The second kappa shape index (κ2) is 4.04. The van der Waals surface area contributed by atoms with Crippen molar-refractivity contribution in [3.05, 3.63) is 0 Å². The van der Waals surface area contributed by atoms with Crippen LogP contribution in [0.25, 0.3) is 0 Å². The normalized spacial score (nSPS) is 32.7. The molecule has 0 spiro atoms. The Morgan fingerprint density at radius 3 is 2.73 bits per heavy atom. The zero-order chi connectivity index (χ0) is 8.27. The van der Waals surface area contributed by atoms with E-state index in [-0.39, 0.29) is 6.23 Å². The van der Waals surface area contributed by atoms with Crippen LogP contribution >= 0.6 is 0 Å². The summed E-state index contributed by atoms with van der Waals surface area (Å²) in [7, 11) is 4.19. The molecule has 1 rings (SSSR count). The van der Waals surface area contributed by atoms with Crippen molar-refractivity contribution >= 4 is 0 Å². The number of nitrogens with zero attached hydrogens (tertiary/aromatic N) is 1. The van der Waals surface area contributed by atoms with Crippen molar-refractivity contribution in [3.63, 3.8) is 0 Å². The SMILES string of the molecule is CC1NCC(CN(C)C)CO1. The molecule has 1 aliphatic rings. The molecule has 1 saturated heterocycles. The van der Waals surface area contributed by atoms with E-state index < -0.39 is 0 Å². The molecule has 1 heterocycles. The van der Waals surface area contributed by atoms with E-state index in [1.807, 2.05) is 6.92 Å². The summed E-state index contributed by atoms with van der Waals surface area (Å²) in [6, 6.07) is 0. The maximum Gasteiger partial charge on any atom is 0.105 e. The van der Waals surface area contributed by atoms with E-state index in [9.17, 15) is 0 Å². The fourth-order valence-corrected chi connectivity index (χ4v) is 1.36. The molecule has 0 amide bonds. The minimum absolute atomic E-state index is 0.244. The highest BCUT2D eigenvalue weighted by Crippen LogP contribution is 2.05. The second-order valence-electron chi connectivity index (χ2n) is 3.51. The van der Waals surface area contributed by atoms with Crippen LogP contribution in [-0.4, -0.2) is 44.9 Å². The number of nitrogens with one attached hydrogen (secondary N) is 1. The summed E-state index contributed by atoms with van der Waals surface area (Å²) in [5.41, 5.74) is 0. The Kier molecular flexibility index (Phi) is 3.30. The Morgan fingerprint density at radius 1 is 1.55 bits per heavy atom. The van der Waals surface area contributed by atoms with Gasteiger partial charge in [-0.15, -0.1) is 0 Å². The lowest BCUT2D eigenvalue weighted by molar-refractivity contribution is -0.0220. The predicted octanol–water partition coefficient (Wildman–Crippen LogP) is 0.130. The molecular formula is C8H18N2O. The minimum atomic E-state index is 0.244. The molecule has 1 aliphatic heterocycles. The summed E-state index contributed by atoms with van der Waals surface area (Å²) in [5, 5.41) is 3.29. The third-order valence-electron chi connectivity index (χ3n) is 1.90. The molecule has 1 fully saturated rings. The lowest BCUT2D eigenvalue weighted by Gasteiger charge is -2.29. The van der Waals surface area contributed by atoms with Gasteiger partial charge in [-0.3, -0.25) is 5.32 Å². The maximum atomic E-state index is 5.45. The monoisotopic (exact) mass is 158 g/mol. The molecule has 0 bridgehead atoms. The van der Waals surface area contributed by atoms with E-state index in [0.717, 1.165) is 19.7 Å². The Balaban J connectivity index is 2.17. The molecular weight excluding hydrogens is 140 g/mol. The average molecular weight is 158 g/mol. The molecule has 0 aromatic heterocycles. The van der Waals surface area contributed by atoms with Crippen LogP contribution in [0.4, 0.5) is 0 Å². The van der Waals surface area contributed by atoms with Crippen LogP contribution < -0.4 is 5.32 Å². The van der Waals surface area contributed by atoms with Crippen molar-refractivity contribution in [2.45, 2.75) is 13.2 Å². The van der Waals surface area contributed by atoms with Crippen molar-refractivity contribution in [3.8, 4) is 0 Å². The maximum absolute atomic E-state index is 5.45. The van der Waals surface area contributed by atoms with Crippen LogP contribution in [0.1, 0.15) is 6.92 Å². The van der Waals surface area contributed by atoms with Gasteiger partial charge in [-0.2, -0.15) is 0 Å². The lowest BCUT2D eigenvalue weighted by atomic mass is 10.1. The van der Waals surface area contributed by atoms with E-state index in [1.54, 1.807) is 0 Å². The zero-order valence-corrected chi connectivity index (χ0v) is 7.63. The first-order valence-electron chi connectivity index (χ1n) is 4.18. The summed E-state index contributed by atoms with van der Waals surface area (Å²) in [6.45, 7) is 5.14. The number of hydrogen-bond acceptors (Lipinski definition) is 3. The molecule has 2 unspecified atom stereocenters.